The first-order valence-electron chi connectivity index (χ1n) is 19.9. The van der Waals surface area contributed by atoms with Gasteiger partial charge in [0.25, 0.3) is 5.91 Å². The lowest BCUT2D eigenvalue weighted by molar-refractivity contribution is -0.143. The second kappa shape index (κ2) is 14.8. The molecule has 3 aliphatic carbocycles. The fourth-order valence-corrected chi connectivity index (χ4v) is 9.70. The normalized spacial score (nSPS) is 29.9. The highest BCUT2D eigenvalue weighted by Gasteiger charge is 2.62. The standard InChI is InChI=1S/C39H55N5O10S/c1-5-25-19-39(25,34(47)42-55(50,51)27-12-13-27)41-32(45)29-18-26-21-44(29)33(46)31(37(2,3)4)40-35(48)53-23-38(15-16-38)14-7-6-8-17-52-30-11-9-10-24-20-43(22-28(24)30)36(49)54-26/h9-11,25-27,29,31H,5-8,12-23H2,1-4H3,(H,40,48)(H,41,45)(H,42,47)/t25-,26+,29?,31+,39-/m0/s1. The van der Waals surface area contributed by atoms with Crippen LogP contribution in [-0.4, -0.2) is 96.9 Å². The van der Waals surface area contributed by atoms with E-state index in [1.165, 1.54) is 4.90 Å². The van der Waals surface area contributed by atoms with E-state index in [4.69, 9.17) is 14.2 Å². The number of nitrogens with one attached hydrogen (secondary N) is 3. The Labute approximate surface area is 323 Å². The number of benzene rings is 1. The van der Waals surface area contributed by atoms with E-state index in [1.807, 2.05) is 25.1 Å². The van der Waals surface area contributed by atoms with Crippen molar-refractivity contribution in [1.29, 1.82) is 0 Å². The number of cyclic esters (lactones) is 1. The van der Waals surface area contributed by atoms with Crippen molar-refractivity contribution in [2.24, 2.45) is 16.7 Å². The van der Waals surface area contributed by atoms with Gasteiger partial charge in [-0.15, -0.1) is 0 Å². The van der Waals surface area contributed by atoms with Crippen LogP contribution in [-0.2, 0) is 47.0 Å². The molecule has 4 bridgehead atoms. The Morgan fingerprint density at radius 2 is 1.78 bits per heavy atom. The summed E-state index contributed by atoms with van der Waals surface area (Å²) in [5.74, 6) is -1.62. The fraction of sp³-hybridized carbons (Fsp3) is 0.718. The summed E-state index contributed by atoms with van der Waals surface area (Å²) in [7, 11) is -3.88. The zero-order valence-corrected chi connectivity index (χ0v) is 33.1. The molecule has 1 spiro atoms. The Bertz CT molecular complexity index is 1820. The lowest BCUT2D eigenvalue weighted by Crippen LogP contribution is -2.60. The lowest BCUT2D eigenvalue weighted by atomic mass is 9.85. The Morgan fingerprint density at radius 3 is 2.45 bits per heavy atom. The molecule has 1 saturated heterocycles. The lowest BCUT2D eigenvalue weighted by Gasteiger charge is -2.35. The van der Waals surface area contributed by atoms with Crippen LogP contribution in [0.3, 0.4) is 0 Å². The number of ether oxygens (including phenoxy) is 3. The van der Waals surface area contributed by atoms with Crippen molar-refractivity contribution in [2.75, 3.05) is 19.8 Å². The van der Waals surface area contributed by atoms with E-state index in [0.29, 0.717) is 32.4 Å². The Kier molecular flexibility index (Phi) is 10.5. The topological polar surface area (TPSA) is 190 Å². The zero-order valence-electron chi connectivity index (χ0n) is 32.3. The van der Waals surface area contributed by atoms with Crippen molar-refractivity contribution in [2.45, 2.75) is 140 Å². The zero-order chi connectivity index (χ0) is 39.3. The number of carbonyl (C=O) groups excluding carboxylic acids is 5. The van der Waals surface area contributed by atoms with Gasteiger partial charge in [0, 0.05) is 23.9 Å². The summed E-state index contributed by atoms with van der Waals surface area (Å²) in [6.45, 7) is 8.46. The molecule has 302 valence electrons. The molecule has 5 atom stereocenters. The molecule has 3 heterocycles. The molecular formula is C39H55N5O10S. The Hall–Kier alpha value is -4.08. The molecule has 5 amide bonds. The van der Waals surface area contributed by atoms with Crippen molar-refractivity contribution in [1.82, 2.24) is 25.2 Å². The number of carbonyl (C=O) groups is 5. The van der Waals surface area contributed by atoms with Crippen LogP contribution in [0.4, 0.5) is 9.59 Å². The third kappa shape index (κ3) is 8.39. The number of hydrogen-bond acceptors (Lipinski definition) is 10. The van der Waals surface area contributed by atoms with Gasteiger partial charge in [-0.25, -0.2) is 18.0 Å². The van der Waals surface area contributed by atoms with Gasteiger partial charge in [0.2, 0.25) is 21.8 Å². The molecule has 0 radical (unpaired) electrons. The highest BCUT2D eigenvalue weighted by Crippen LogP contribution is 2.50. The van der Waals surface area contributed by atoms with Crippen LogP contribution in [0.15, 0.2) is 18.2 Å². The van der Waals surface area contributed by atoms with E-state index >= 15 is 0 Å². The molecule has 0 aromatic heterocycles. The van der Waals surface area contributed by atoms with Crippen molar-refractivity contribution in [3.05, 3.63) is 29.3 Å². The third-order valence-corrected chi connectivity index (χ3v) is 14.1. The second-order valence-electron chi connectivity index (χ2n) is 17.6. The van der Waals surface area contributed by atoms with Crippen LogP contribution < -0.4 is 20.1 Å². The van der Waals surface area contributed by atoms with Crippen molar-refractivity contribution in [3.63, 3.8) is 0 Å². The van der Waals surface area contributed by atoms with Crippen LogP contribution in [0.1, 0.15) is 109 Å². The predicted molar refractivity (Wildman–Crippen MR) is 199 cm³/mol. The van der Waals surface area contributed by atoms with Gasteiger partial charge in [-0.1, -0.05) is 59.1 Å². The number of fused-ring (bicyclic) bond motifs is 3. The van der Waals surface area contributed by atoms with Crippen LogP contribution in [0.2, 0.25) is 0 Å². The number of nitrogens with zero attached hydrogens (tertiary/aromatic N) is 2. The summed E-state index contributed by atoms with van der Waals surface area (Å²) in [5.41, 5.74) is -0.490. The largest absolute Gasteiger partial charge is 0.493 e. The Morgan fingerprint density at radius 1 is 1.02 bits per heavy atom. The Balaban J connectivity index is 1.14. The summed E-state index contributed by atoms with van der Waals surface area (Å²) in [5, 5.41) is 4.97. The maximum absolute atomic E-state index is 14.6. The van der Waals surface area contributed by atoms with E-state index in [1.54, 1.807) is 25.7 Å². The van der Waals surface area contributed by atoms with E-state index in [9.17, 15) is 32.4 Å². The number of amides is 5. The second-order valence-corrected chi connectivity index (χ2v) is 19.6. The fourth-order valence-electron chi connectivity index (χ4n) is 8.34. The molecule has 6 aliphatic rings. The number of sulfonamides is 1. The molecular weight excluding hydrogens is 731 g/mol. The van der Waals surface area contributed by atoms with Gasteiger partial charge in [-0.3, -0.25) is 24.0 Å². The monoisotopic (exact) mass is 785 g/mol. The molecule has 1 unspecified atom stereocenters. The third-order valence-electron chi connectivity index (χ3n) is 12.3. The van der Waals surface area contributed by atoms with Gasteiger partial charge < -0.3 is 29.7 Å². The van der Waals surface area contributed by atoms with Crippen LogP contribution in [0, 0.1) is 16.7 Å². The van der Waals surface area contributed by atoms with Gasteiger partial charge in [0.05, 0.1) is 31.6 Å². The van der Waals surface area contributed by atoms with Gasteiger partial charge >= 0.3 is 12.2 Å². The molecule has 1 aromatic rings. The summed E-state index contributed by atoms with van der Waals surface area (Å²) >= 11 is 0. The van der Waals surface area contributed by atoms with Crippen molar-refractivity contribution < 1.29 is 46.6 Å². The number of alkyl carbamates (subject to hydrolysis) is 1. The smallest absolute Gasteiger partial charge is 0.410 e. The minimum absolute atomic E-state index is 0.0723. The van der Waals surface area contributed by atoms with E-state index in [-0.39, 0.29) is 43.9 Å². The summed E-state index contributed by atoms with van der Waals surface area (Å²) in [6, 6.07) is 3.45. The van der Waals surface area contributed by atoms with Crippen LogP contribution in [0.5, 0.6) is 5.75 Å². The molecule has 7 rings (SSSR count). The first-order valence-corrected chi connectivity index (χ1v) is 21.4. The predicted octanol–water partition coefficient (Wildman–Crippen LogP) is 3.88. The average Bonchev–Trinajstić information content (AvgIpc) is 4.08. The van der Waals surface area contributed by atoms with Crippen LogP contribution >= 0.6 is 0 Å². The maximum Gasteiger partial charge on any atom is 0.410 e. The minimum atomic E-state index is -3.88. The summed E-state index contributed by atoms with van der Waals surface area (Å²) in [4.78, 5) is 72.3. The first kappa shape index (κ1) is 39.2. The van der Waals surface area contributed by atoms with Gasteiger partial charge in [-0.2, -0.15) is 0 Å². The van der Waals surface area contributed by atoms with Gasteiger partial charge in [0.1, 0.15) is 29.5 Å². The first-order chi connectivity index (χ1) is 26.0. The minimum Gasteiger partial charge on any atom is -0.493 e. The van der Waals surface area contributed by atoms with E-state index in [0.717, 1.165) is 55.4 Å². The molecule has 1 aromatic carbocycles. The van der Waals surface area contributed by atoms with E-state index in [2.05, 4.69) is 15.4 Å². The molecule has 3 saturated carbocycles. The average molecular weight is 786 g/mol. The maximum atomic E-state index is 14.6. The highest BCUT2D eigenvalue weighted by atomic mass is 32.2. The van der Waals surface area contributed by atoms with Crippen molar-refractivity contribution >= 4 is 39.9 Å². The molecule has 3 N–H and O–H groups in total. The SMILES string of the molecule is CC[C@H]1C[C@@]1(NC(=O)C1C[C@@H]2CN1C(=O)[C@H](C(C)(C)C)NC(=O)OCC1(CCCCCOc3cccc4c3CN(C4)C(=O)O2)CC1)C(=O)NS(=O)(=O)C1CC1. The van der Waals surface area contributed by atoms with Gasteiger partial charge in [-0.05, 0) is 67.9 Å². The molecule has 15 nitrogen and oxygen atoms in total. The van der Waals surface area contributed by atoms with Gasteiger partial charge in [0.15, 0.2) is 0 Å². The quantitative estimate of drug-likeness (QED) is 0.382. The number of rotatable bonds is 6. The van der Waals surface area contributed by atoms with E-state index < -0.39 is 74.3 Å². The molecule has 4 fully saturated rings. The molecule has 3 aliphatic heterocycles. The molecule has 16 heteroatoms. The molecule has 55 heavy (non-hydrogen) atoms. The van der Waals surface area contributed by atoms with Crippen LogP contribution in [0.25, 0.3) is 0 Å². The highest BCUT2D eigenvalue weighted by molar-refractivity contribution is 7.91. The summed E-state index contributed by atoms with van der Waals surface area (Å²) < 4.78 is 45.5. The van der Waals surface area contributed by atoms with Crippen molar-refractivity contribution in [3.8, 4) is 5.75 Å². The number of hydrogen-bond donors (Lipinski definition) is 3. The summed E-state index contributed by atoms with van der Waals surface area (Å²) in [6.07, 6.45) is 4.97.